The highest BCUT2D eigenvalue weighted by atomic mass is 35.5. The first-order chi connectivity index (χ1) is 9.97. The third-order valence-electron chi connectivity index (χ3n) is 4.20. The maximum Gasteiger partial charge on any atom is 0.306 e. The molecule has 2 rings (SSSR count). The van der Waals surface area contributed by atoms with Crippen LogP contribution in [0.1, 0.15) is 51.0 Å². The van der Waals surface area contributed by atoms with Gasteiger partial charge >= 0.3 is 5.97 Å². The van der Waals surface area contributed by atoms with E-state index in [1.165, 1.54) is 0 Å². The molecule has 1 fully saturated rings. The average Bonchev–Trinajstić information content (AvgIpc) is 2.46. The molecule has 4 heteroatoms. The minimum absolute atomic E-state index is 0.206. The second kappa shape index (κ2) is 7.17. The van der Waals surface area contributed by atoms with Crippen LogP contribution in [0.15, 0.2) is 18.2 Å². The van der Waals surface area contributed by atoms with Crippen LogP contribution in [0.5, 0.6) is 5.75 Å². The number of rotatable bonds is 5. The molecule has 1 aromatic carbocycles. The normalized spacial score (nSPS) is 22.3. The van der Waals surface area contributed by atoms with Gasteiger partial charge in [-0.05, 0) is 54.9 Å². The van der Waals surface area contributed by atoms with Gasteiger partial charge in [-0.15, -0.1) is 0 Å². The molecule has 3 nitrogen and oxygen atoms in total. The first kappa shape index (κ1) is 16.2. The molecule has 21 heavy (non-hydrogen) atoms. The highest BCUT2D eigenvalue weighted by Gasteiger charge is 2.27. The van der Waals surface area contributed by atoms with E-state index in [0.29, 0.717) is 18.4 Å². The van der Waals surface area contributed by atoms with Crippen molar-refractivity contribution in [3.63, 3.8) is 0 Å². The Balaban J connectivity index is 1.98. The number of halogens is 1. The Morgan fingerprint density at radius 3 is 2.86 bits per heavy atom. The van der Waals surface area contributed by atoms with Crippen molar-refractivity contribution >= 4 is 17.6 Å². The average molecular weight is 311 g/mol. The maximum atomic E-state index is 11.1. The van der Waals surface area contributed by atoms with Crippen molar-refractivity contribution in [2.45, 2.75) is 45.4 Å². The summed E-state index contributed by atoms with van der Waals surface area (Å²) in [6.07, 6.45) is 3.54. The first-order valence-electron chi connectivity index (χ1n) is 7.62. The lowest BCUT2D eigenvalue weighted by Crippen LogP contribution is -2.26. The third-order valence-corrected chi connectivity index (χ3v) is 4.44. The van der Waals surface area contributed by atoms with Crippen LogP contribution in [0, 0.1) is 11.8 Å². The molecule has 1 aliphatic rings. The fraction of sp³-hybridized carbons (Fsp3) is 0.588. The number of hydrogen-bond donors (Lipinski definition) is 1. The van der Waals surface area contributed by atoms with Gasteiger partial charge in [-0.1, -0.05) is 31.9 Å². The number of ether oxygens (including phenoxy) is 1. The van der Waals surface area contributed by atoms with Crippen LogP contribution in [0.3, 0.4) is 0 Å². The molecule has 0 aromatic heterocycles. The summed E-state index contributed by atoms with van der Waals surface area (Å²) in [5, 5.41) is 9.85. The Kier molecular flexibility index (Phi) is 5.51. The van der Waals surface area contributed by atoms with Crippen LogP contribution in [0.25, 0.3) is 0 Å². The van der Waals surface area contributed by atoms with E-state index in [9.17, 15) is 4.79 Å². The predicted octanol–water partition coefficient (Wildman–Crippen LogP) is 4.73. The number of aliphatic carboxylic acids is 1. The lowest BCUT2D eigenvalue weighted by Gasteiger charge is -2.27. The molecule has 0 aliphatic heterocycles. The summed E-state index contributed by atoms with van der Waals surface area (Å²) in [7, 11) is 0. The Bertz CT molecular complexity index is 499. The molecular weight excluding hydrogens is 288 g/mol. The highest BCUT2D eigenvalue weighted by molar-refractivity contribution is 6.30. The van der Waals surface area contributed by atoms with E-state index in [0.717, 1.165) is 42.0 Å². The summed E-state index contributed by atoms with van der Waals surface area (Å²) in [6.45, 7) is 4.81. The Hall–Kier alpha value is -1.22. The van der Waals surface area contributed by atoms with Crippen LogP contribution in [-0.4, -0.2) is 17.7 Å². The number of carbonyl (C=O) groups is 1. The van der Waals surface area contributed by atoms with Crippen molar-refractivity contribution in [2.75, 3.05) is 6.61 Å². The van der Waals surface area contributed by atoms with Gasteiger partial charge in [0, 0.05) is 5.02 Å². The summed E-state index contributed by atoms with van der Waals surface area (Å²) in [5.74, 6) is 0.662. The van der Waals surface area contributed by atoms with Crippen LogP contribution < -0.4 is 4.74 Å². The number of hydrogen-bond acceptors (Lipinski definition) is 2. The van der Waals surface area contributed by atoms with Crippen molar-refractivity contribution in [3.8, 4) is 5.75 Å². The molecular formula is C17H23ClO3. The van der Waals surface area contributed by atoms with E-state index in [1.807, 2.05) is 18.2 Å². The van der Waals surface area contributed by atoms with Crippen molar-refractivity contribution in [3.05, 3.63) is 28.8 Å². The molecule has 0 heterocycles. The molecule has 1 N–H and O–H groups in total. The summed E-state index contributed by atoms with van der Waals surface area (Å²) in [6, 6.07) is 5.70. The SMILES string of the molecule is CC(C)c1cc(Cl)ccc1OCC1CCCC(C(=O)O)C1. The zero-order valence-corrected chi connectivity index (χ0v) is 13.4. The zero-order valence-electron chi connectivity index (χ0n) is 12.6. The summed E-state index contributed by atoms with van der Waals surface area (Å²) >= 11 is 6.04. The number of benzene rings is 1. The van der Waals surface area contributed by atoms with E-state index in [2.05, 4.69) is 13.8 Å². The van der Waals surface area contributed by atoms with Gasteiger partial charge in [-0.25, -0.2) is 0 Å². The van der Waals surface area contributed by atoms with Gasteiger partial charge in [-0.2, -0.15) is 0 Å². The second-order valence-electron chi connectivity index (χ2n) is 6.22. The lowest BCUT2D eigenvalue weighted by molar-refractivity contribution is -0.143. The highest BCUT2D eigenvalue weighted by Crippen LogP contribution is 2.32. The van der Waals surface area contributed by atoms with Crippen LogP contribution >= 0.6 is 11.6 Å². The topological polar surface area (TPSA) is 46.5 Å². The summed E-state index contributed by atoms with van der Waals surface area (Å²) in [4.78, 5) is 11.1. The third kappa shape index (κ3) is 4.37. The van der Waals surface area contributed by atoms with E-state index < -0.39 is 5.97 Å². The standard InChI is InChI=1S/C17H23ClO3/c1-11(2)15-9-14(18)6-7-16(15)21-10-12-4-3-5-13(8-12)17(19)20/h6-7,9,11-13H,3-5,8,10H2,1-2H3,(H,19,20). The fourth-order valence-electron chi connectivity index (χ4n) is 2.98. The van der Waals surface area contributed by atoms with Gasteiger partial charge in [-0.3, -0.25) is 4.79 Å². The molecule has 0 saturated heterocycles. The molecule has 0 amide bonds. The lowest BCUT2D eigenvalue weighted by atomic mass is 9.82. The first-order valence-corrected chi connectivity index (χ1v) is 8.00. The van der Waals surface area contributed by atoms with Crippen molar-refractivity contribution in [1.29, 1.82) is 0 Å². The number of carboxylic acids is 1. The summed E-state index contributed by atoms with van der Waals surface area (Å²) in [5.41, 5.74) is 1.10. The van der Waals surface area contributed by atoms with Gasteiger partial charge in [0.15, 0.2) is 0 Å². The monoisotopic (exact) mass is 310 g/mol. The van der Waals surface area contributed by atoms with E-state index in [-0.39, 0.29) is 5.92 Å². The second-order valence-corrected chi connectivity index (χ2v) is 6.65. The molecule has 1 aliphatic carbocycles. The number of carboxylic acid groups (broad SMARTS) is 1. The molecule has 1 saturated carbocycles. The Labute approximate surface area is 131 Å². The molecule has 0 spiro atoms. The molecule has 2 unspecified atom stereocenters. The van der Waals surface area contributed by atoms with Crippen LogP contribution in [0.4, 0.5) is 0 Å². The Morgan fingerprint density at radius 1 is 1.43 bits per heavy atom. The van der Waals surface area contributed by atoms with Crippen LogP contribution in [-0.2, 0) is 4.79 Å². The van der Waals surface area contributed by atoms with Gasteiger partial charge in [0.25, 0.3) is 0 Å². The predicted molar refractivity (Wildman–Crippen MR) is 84.1 cm³/mol. The molecule has 1 aromatic rings. The van der Waals surface area contributed by atoms with E-state index in [1.54, 1.807) is 0 Å². The minimum atomic E-state index is -0.672. The smallest absolute Gasteiger partial charge is 0.306 e. The molecule has 0 bridgehead atoms. The van der Waals surface area contributed by atoms with Gasteiger partial charge < -0.3 is 9.84 Å². The molecule has 0 radical (unpaired) electrons. The Morgan fingerprint density at radius 2 is 2.19 bits per heavy atom. The fourth-order valence-corrected chi connectivity index (χ4v) is 3.16. The van der Waals surface area contributed by atoms with Crippen molar-refractivity contribution in [2.24, 2.45) is 11.8 Å². The summed E-state index contributed by atoms with van der Waals surface area (Å²) < 4.78 is 5.97. The molecule has 116 valence electrons. The van der Waals surface area contributed by atoms with Gasteiger partial charge in [0.05, 0.1) is 12.5 Å². The van der Waals surface area contributed by atoms with Crippen molar-refractivity contribution < 1.29 is 14.6 Å². The van der Waals surface area contributed by atoms with Crippen molar-refractivity contribution in [1.82, 2.24) is 0 Å². The molecule has 2 atom stereocenters. The quantitative estimate of drug-likeness (QED) is 0.855. The van der Waals surface area contributed by atoms with Crippen LogP contribution in [0.2, 0.25) is 5.02 Å². The van der Waals surface area contributed by atoms with Gasteiger partial charge in [0.2, 0.25) is 0 Å². The largest absolute Gasteiger partial charge is 0.493 e. The van der Waals surface area contributed by atoms with E-state index in [4.69, 9.17) is 21.4 Å². The maximum absolute atomic E-state index is 11.1. The zero-order chi connectivity index (χ0) is 15.4. The van der Waals surface area contributed by atoms with E-state index >= 15 is 0 Å². The minimum Gasteiger partial charge on any atom is -0.493 e. The van der Waals surface area contributed by atoms with Gasteiger partial charge in [0.1, 0.15) is 5.75 Å².